The highest BCUT2D eigenvalue weighted by molar-refractivity contribution is 5.77. The van der Waals surface area contributed by atoms with Gasteiger partial charge in [0.25, 0.3) is 0 Å². The number of carbonyl (C=O) groups is 1. The van der Waals surface area contributed by atoms with Gasteiger partial charge in [0.1, 0.15) is 0 Å². The molecule has 2 N–H and O–H groups in total. The summed E-state index contributed by atoms with van der Waals surface area (Å²) in [5.74, 6) is 0.204. The van der Waals surface area contributed by atoms with Crippen LogP contribution in [0.4, 0.5) is 0 Å². The zero-order chi connectivity index (χ0) is 7.23. The van der Waals surface area contributed by atoms with E-state index >= 15 is 0 Å². The van der Waals surface area contributed by atoms with Crippen molar-refractivity contribution in [3.63, 3.8) is 0 Å². The van der Waals surface area contributed by atoms with Crippen LogP contribution in [0, 0.1) is 0 Å². The van der Waals surface area contributed by atoms with Crippen LogP contribution in [-0.4, -0.2) is 25.5 Å². The largest absolute Gasteiger partial charge is 0.356 e. The lowest BCUT2D eigenvalue weighted by Crippen LogP contribution is -2.29. The van der Waals surface area contributed by atoms with Crippen LogP contribution in [0.15, 0.2) is 0 Å². The fraction of sp³-hybridized carbons (Fsp3) is 0.857. The van der Waals surface area contributed by atoms with Crippen LogP contribution in [0.3, 0.4) is 0 Å². The lowest BCUT2D eigenvalue weighted by atomic mass is 10.3. The molecule has 0 spiro atoms. The topological polar surface area (TPSA) is 41.1 Å². The number of hydrogen-bond donors (Lipinski definition) is 2. The Bertz CT molecular complexity index is 98.2. The molecule has 0 saturated carbocycles. The van der Waals surface area contributed by atoms with E-state index in [1.165, 1.54) is 19.5 Å². The molecule has 10 heavy (non-hydrogen) atoms. The third-order valence-electron chi connectivity index (χ3n) is 1.61. The zero-order valence-electron chi connectivity index (χ0n) is 6.15. The Morgan fingerprint density at radius 1 is 1.10 bits per heavy atom. The Kier molecular flexibility index (Phi) is 3.22. The molecule has 0 aromatic carbocycles. The molecule has 2 heterocycles. The molecule has 58 valence electrons. The fourth-order valence-corrected chi connectivity index (χ4v) is 0.742. The molecule has 2 rings (SSSR count). The van der Waals surface area contributed by atoms with Gasteiger partial charge in [-0.15, -0.1) is 0 Å². The van der Waals surface area contributed by atoms with E-state index in [0.29, 0.717) is 0 Å². The maximum atomic E-state index is 10.1. The van der Waals surface area contributed by atoms with Crippen molar-refractivity contribution in [3.8, 4) is 0 Å². The van der Waals surface area contributed by atoms with E-state index in [4.69, 9.17) is 0 Å². The van der Waals surface area contributed by atoms with Gasteiger partial charge in [-0.05, 0) is 25.9 Å². The van der Waals surface area contributed by atoms with E-state index in [1.54, 1.807) is 0 Å². The van der Waals surface area contributed by atoms with Crippen LogP contribution in [0.5, 0.6) is 0 Å². The minimum atomic E-state index is 0.204. The zero-order valence-corrected chi connectivity index (χ0v) is 6.15. The lowest BCUT2D eigenvalue weighted by molar-refractivity contribution is -0.119. The molecule has 3 heteroatoms. The van der Waals surface area contributed by atoms with Gasteiger partial charge in [0.15, 0.2) is 0 Å². The first-order chi connectivity index (χ1) is 4.89. The number of carbonyl (C=O) groups excluding carboxylic acids is 1. The summed E-state index contributed by atoms with van der Waals surface area (Å²) in [4.78, 5) is 10.1. The summed E-state index contributed by atoms with van der Waals surface area (Å²) < 4.78 is 0. The molecule has 0 aliphatic carbocycles. The van der Waals surface area contributed by atoms with Crippen LogP contribution >= 0.6 is 0 Å². The van der Waals surface area contributed by atoms with Gasteiger partial charge in [0, 0.05) is 13.0 Å². The molecule has 0 radical (unpaired) electrons. The van der Waals surface area contributed by atoms with Crippen LogP contribution in [-0.2, 0) is 4.79 Å². The molecule has 0 unspecified atom stereocenters. The van der Waals surface area contributed by atoms with E-state index in [-0.39, 0.29) is 5.91 Å². The quantitative estimate of drug-likeness (QED) is 0.495. The monoisotopic (exact) mass is 142 g/mol. The average Bonchev–Trinajstić information content (AvgIpc) is 2.12. The van der Waals surface area contributed by atoms with Gasteiger partial charge < -0.3 is 10.6 Å². The van der Waals surface area contributed by atoms with Gasteiger partial charge in [-0.25, -0.2) is 0 Å². The van der Waals surface area contributed by atoms with Gasteiger partial charge in [-0.1, -0.05) is 0 Å². The number of hydrogen-bond acceptors (Lipinski definition) is 2. The highest BCUT2D eigenvalue weighted by atomic mass is 16.1. The fourth-order valence-electron chi connectivity index (χ4n) is 0.742. The summed E-state index contributed by atoms with van der Waals surface area (Å²) in [7, 11) is 0. The maximum Gasteiger partial charge on any atom is 0.220 e. The summed E-state index contributed by atoms with van der Waals surface area (Å²) in [6.45, 7) is 3.39. The van der Waals surface area contributed by atoms with Gasteiger partial charge in [0.05, 0.1) is 0 Å². The second kappa shape index (κ2) is 4.28. The predicted octanol–water partition coefficient (Wildman–Crippen LogP) is -0.124. The number of nitrogens with one attached hydrogen (secondary N) is 2. The van der Waals surface area contributed by atoms with E-state index in [0.717, 1.165) is 19.4 Å². The third-order valence-corrected chi connectivity index (χ3v) is 1.61. The molecule has 1 amide bonds. The van der Waals surface area contributed by atoms with Crippen LogP contribution in [0.1, 0.15) is 19.3 Å². The van der Waals surface area contributed by atoms with Crippen LogP contribution in [0.2, 0.25) is 0 Å². The summed E-state index contributed by atoms with van der Waals surface area (Å²) in [6, 6.07) is 0. The predicted molar refractivity (Wildman–Crippen MR) is 39.7 cm³/mol. The van der Waals surface area contributed by atoms with Crippen molar-refractivity contribution >= 4 is 5.91 Å². The summed E-state index contributed by atoms with van der Waals surface area (Å²) in [5, 5.41) is 5.79. The van der Waals surface area contributed by atoms with Crippen molar-refractivity contribution in [2.75, 3.05) is 19.6 Å². The highest BCUT2D eigenvalue weighted by Crippen LogP contribution is 1.93. The van der Waals surface area contributed by atoms with E-state index in [1.807, 2.05) is 0 Å². The normalized spacial score (nSPS) is 22.2. The molecule has 0 atom stereocenters. The van der Waals surface area contributed by atoms with Gasteiger partial charge in [-0.2, -0.15) is 0 Å². The molecular formula is C7H14N2O. The Balaban J connectivity index is 0.000000108. The second-order valence-corrected chi connectivity index (χ2v) is 2.56. The molecule has 2 fully saturated rings. The van der Waals surface area contributed by atoms with Crippen molar-refractivity contribution < 1.29 is 4.79 Å². The first kappa shape index (κ1) is 7.54. The summed E-state index contributed by atoms with van der Waals surface area (Å²) in [6.07, 6.45) is 3.15. The van der Waals surface area contributed by atoms with Gasteiger partial charge in [0.2, 0.25) is 5.91 Å². The SMILES string of the molecule is C1CNC1.O=C1CCCN1. The molecule has 0 aromatic heterocycles. The minimum Gasteiger partial charge on any atom is -0.356 e. The van der Waals surface area contributed by atoms with Crippen molar-refractivity contribution in [3.05, 3.63) is 0 Å². The van der Waals surface area contributed by atoms with E-state index in [2.05, 4.69) is 10.6 Å². The molecule has 2 aliphatic rings. The molecule has 2 aliphatic heterocycles. The van der Waals surface area contributed by atoms with Crippen LogP contribution < -0.4 is 10.6 Å². The molecule has 0 bridgehead atoms. The second-order valence-electron chi connectivity index (χ2n) is 2.56. The molecule has 0 aromatic rings. The average molecular weight is 142 g/mol. The van der Waals surface area contributed by atoms with Crippen molar-refractivity contribution in [2.24, 2.45) is 0 Å². The van der Waals surface area contributed by atoms with Crippen molar-refractivity contribution in [1.29, 1.82) is 0 Å². The van der Waals surface area contributed by atoms with Gasteiger partial charge >= 0.3 is 0 Å². The first-order valence-corrected chi connectivity index (χ1v) is 3.87. The van der Waals surface area contributed by atoms with E-state index in [9.17, 15) is 4.79 Å². The number of amides is 1. The Labute approximate surface area is 61.2 Å². The third kappa shape index (κ3) is 2.82. The molecule has 3 nitrogen and oxygen atoms in total. The first-order valence-electron chi connectivity index (χ1n) is 3.87. The van der Waals surface area contributed by atoms with Gasteiger partial charge in [-0.3, -0.25) is 4.79 Å². The smallest absolute Gasteiger partial charge is 0.220 e. The minimum absolute atomic E-state index is 0.204. The molecule has 2 saturated heterocycles. The Hall–Kier alpha value is -0.570. The Morgan fingerprint density at radius 3 is 1.80 bits per heavy atom. The highest BCUT2D eigenvalue weighted by Gasteiger charge is 2.05. The van der Waals surface area contributed by atoms with Crippen molar-refractivity contribution in [1.82, 2.24) is 10.6 Å². The van der Waals surface area contributed by atoms with Crippen LogP contribution in [0.25, 0.3) is 0 Å². The standard InChI is InChI=1S/C4H7NO.C3H7N/c6-4-2-1-3-5-4;1-2-4-3-1/h1-3H2,(H,5,6);4H,1-3H2. The Morgan fingerprint density at radius 2 is 1.70 bits per heavy atom. The summed E-state index contributed by atoms with van der Waals surface area (Å²) >= 11 is 0. The lowest BCUT2D eigenvalue weighted by Gasteiger charge is -2.09. The van der Waals surface area contributed by atoms with E-state index < -0.39 is 0 Å². The summed E-state index contributed by atoms with van der Waals surface area (Å²) in [5.41, 5.74) is 0. The van der Waals surface area contributed by atoms with Crippen molar-refractivity contribution in [2.45, 2.75) is 19.3 Å². The molecular weight excluding hydrogens is 128 g/mol. The maximum absolute atomic E-state index is 10.1. The number of rotatable bonds is 0.